The van der Waals surface area contributed by atoms with Gasteiger partial charge in [0.25, 0.3) is 5.69 Å². The Hall–Kier alpha value is -4.32. The maximum absolute atomic E-state index is 14.7. The second kappa shape index (κ2) is 9.77. The number of amides is 1. The summed E-state index contributed by atoms with van der Waals surface area (Å²) in [6.07, 6.45) is 2.02. The first-order valence-electron chi connectivity index (χ1n) is 12.2. The van der Waals surface area contributed by atoms with E-state index in [1.165, 1.54) is 19.2 Å². The maximum Gasteiger partial charge on any atom is 0.293 e. The van der Waals surface area contributed by atoms with Gasteiger partial charge in [-0.1, -0.05) is 11.6 Å². The van der Waals surface area contributed by atoms with Crippen molar-refractivity contribution < 1.29 is 19.2 Å². The van der Waals surface area contributed by atoms with Crippen LogP contribution in [0.4, 0.5) is 21.7 Å². The molecule has 4 heterocycles. The SMILES string of the molecule is Cc1ncc(-c2nc(Nc3cc4n(n3)CC(=O)N(C(C)C)CC4)cc3cc(Cl)c(F)c(O)c23)c(C)c1[N+](=O)[O-]. The Bertz CT molecular complexity index is 1670. The lowest BCUT2D eigenvalue weighted by Gasteiger charge is -2.24. The van der Waals surface area contributed by atoms with Crippen LogP contribution in [-0.2, 0) is 17.8 Å². The Balaban J connectivity index is 1.63. The lowest BCUT2D eigenvalue weighted by Crippen LogP contribution is -2.38. The second-order valence-corrected chi connectivity index (χ2v) is 10.1. The first-order valence-corrected chi connectivity index (χ1v) is 12.6. The van der Waals surface area contributed by atoms with Gasteiger partial charge in [0, 0.05) is 48.1 Å². The number of aryl methyl sites for hydroxylation is 1. The molecule has 39 heavy (non-hydrogen) atoms. The number of nitro groups is 1. The lowest BCUT2D eigenvalue weighted by molar-refractivity contribution is -0.386. The minimum Gasteiger partial charge on any atom is -0.504 e. The largest absolute Gasteiger partial charge is 0.504 e. The van der Waals surface area contributed by atoms with Crippen molar-refractivity contribution in [2.45, 2.75) is 46.7 Å². The van der Waals surface area contributed by atoms with Gasteiger partial charge >= 0.3 is 0 Å². The first-order chi connectivity index (χ1) is 18.5. The summed E-state index contributed by atoms with van der Waals surface area (Å²) in [5.74, 6) is -1.09. The number of phenolic OH excluding ortho intramolecular Hbond substituents is 1. The number of nitrogens with one attached hydrogen (secondary N) is 1. The summed E-state index contributed by atoms with van der Waals surface area (Å²) >= 11 is 6.03. The van der Waals surface area contributed by atoms with Gasteiger partial charge in [0.05, 0.1) is 21.0 Å². The fourth-order valence-corrected chi connectivity index (χ4v) is 5.15. The van der Waals surface area contributed by atoms with E-state index < -0.39 is 16.5 Å². The molecular formula is C26H25ClFN7O4. The number of carbonyl (C=O) groups is 1. The van der Waals surface area contributed by atoms with Crippen molar-refractivity contribution in [3.8, 4) is 17.0 Å². The fourth-order valence-electron chi connectivity index (χ4n) is 4.95. The minimum atomic E-state index is -1.03. The summed E-state index contributed by atoms with van der Waals surface area (Å²) in [6.45, 7) is 7.68. The molecule has 1 aromatic carbocycles. The van der Waals surface area contributed by atoms with Gasteiger partial charge in [-0.15, -0.1) is 0 Å². The number of nitrogens with zero attached hydrogens (tertiary/aromatic N) is 6. The maximum atomic E-state index is 14.7. The van der Waals surface area contributed by atoms with Gasteiger partial charge in [-0.3, -0.25) is 24.6 Å². The quantitative estimate of drug-likeness (QED) is 0.258. The number of aromatic hydroxyl groups is 1. The van der Waals surface area contributed by atoms with E-state index in [1.807, 2.05) is 24.8 Å². The van der Waals surface area contributed by atoms with Crippen LogP contribution in [-0.4, -0.2) is 53.2 Å². The molecule has 13 heteroatoms. The molecule has 0 aliphatic carbocycles. The Kier molecular flexibility index (Phi) is 6.59. The van der Waals surface area contributed by atoms with E-state index in [9.17, 15) is 24.4 Å². The normalized spacial score (nSPS) is 13.6. The Morgan fingerprint density at radius 3 is 2.67 bits per heavy atom. The molecule has 0 unspecified atom stereocenters. The molecule has 11 nitrogen and oxygen atoms in total. The molecule has 0 fully saturated rings. The second-order valence-electron chi connectivity index (χ2n) is 9.70. The number of pyridine rings is 2. The molecule has 3 aromatic heterocycles. The Morgan fingerprint density at radius 1 is 1.23 bits per heavy atom. The van der Waals surface area contributed by atoms with Gasteiger partial charge in [0.15, 0.2) is 17.4 Å². The van der Waals surface area contributed by atoms with Crippen molar-refractivity contribution in [3.05, 3.63) is 62.3 Å². The number of aromatic nitrogens is 4. The molecule has 202 valence electrons. The van der Waals surface area contributed by atoms with Crippen LogP contribution in [0, 0.1) is 29.8 Å². The van der Waals surface area contributed by atoms with E-state index >= 15 is 0 Å². The van der Waals surface area contributed by atoms with Crippen molar-refractivity contribution in [3.63, 3.8) is 0 Å². The highest BCUT2D eigenvalue weighted by atomic mass is 35.5. The first kappa shape index (κ1) is 26.3. The third-order valence-electron chi connectivity index (χ3n) is 6.87. The number of fused-ring (bicyclic) bond motifs is 2. The van der Waals surface area contributed by atoms with Crippen LogP contribution in [0.15, 0.2) is 24.4 Å². The summed E-state index contributed by atoms with van der Waals surface area (Å²) in [7, 11) is 0. The van der Waals surface area contributed by atoms with E-state index in [2.05, 4.69) is 20.4 Å². The summed E-state index contributed by atoms with van der Waals surface area (Å²) in [5, 5.41) is 30.1. The van der Waals surface area contributed by atoms with Crippen molar-refractivity contribution in [1.29, 1.82) is 0 Å². The summed E-state index contributed by atoms with van der Waals surface area (Å²) < 4.78 is 16.3. The zero-order valence-corrected chi connectivity index (χ0v) is 22.4. The predicted octanol–water partition coefficient (Wildman–Crippen LogP) is 5.05. The number of anilines is 2. The topological polar surface area (TPSA) is 139 Å². The number of carbonyl (C=O) groups excluding carboxylic acids is 1. The molecule has 4 aromatic rings. The van der Waals surface area contributed by atoms with Gasteiger partial charge < -0.3 is 15.3 Å². The van der Waals surface area contributed by atoms with Crippen LogP contribution in [0.5, 0.6) is 5.75 Å². The molecule has 1 amide bonds. The molecule has 1 aliphatic heterocycles. The van der Waals surface area contributed by atoms with Gasteiger partial charge in [0.2, 0.25) is 5.91 Å². The van der Waals surface area contributed by atoms with E-state index in [-0.39, 0.29) is 62.9 Å². The van der Waals surface area contributed by atoms with Gasteiger partial charge in [-0.25, -0.2) is 9.37 Å². The summed E-state index contributed by atoms with van der Waals surface area (Å²) in [5.41, 5.74) is 1.47. The molecule has 0 saturated carbocycles. The van der Waals surface area contributed by atoms with Crippen molar-refractivity contribution in [2.75, 3.05) is 11.9 Å². The molecule has 0 atom stereocenters. The molecular weight excluding hydrogens is 529 g/mol. The van der Waals surface area contributed by atoms with Crippen LogP contribution < -0.4 is 5.32 Å². The summed E-state index contributed by atoms with van der Waals surface area (Å²) in [6, 6.07) is 4.81. The molecule has 1 aliphatic rings. The van der Waals surface area contributed by atoms with E-state index in [4.69, 9.17) is 11.6 Å². The third-order valence-corrected chi connectivity index (χ3v) is 7.15. The van der Waals surface area contributed by atoms with Crippen LogP contribution in [0.25, 0.3) is 22.0 Å². The van der Waals surface area contributed by atoms with Gasteiger partial charge in [-0.05, 0) is 45.2 Å². The summed E-state index contributed by atoms with van der Waals surface area (Å²) in [4.78, 5) is 34.4. The number of hydrogen-bond acceptors (Lipinski definition) is 8. The standard InChI is InChI=1S/C26H25ClFN7O4/c1-12(2)33-6-5-16-9-20(32-34(16)11-21(33)36)30-19-8-15-7-18(27)23(28)26(37)22(15)24(31-19)17-10-29-14(4)25(13(17)3)35(38)39/h7-10,12,37H,5-6,11H2,1-4H3,(H,30,31,32). The lowest BCUT2D eigenvalue weighted by atomic mass is 9.99. The molecule has 0 saturated heterocycles. The molecule has 0 bridgehead atoms. The van der Waals surface area contributed by atoms with Gasteiger partial charge in [-0.2, -0.15) is 5.10 Å². The smallest absolute Gasteiger partial charge is 0.293 e. The zero-order chi connectivity index (χ0) is 28.2. The number of rotatable bonds is 5. The molecule has 5 rings (SSSR count). The number of halogens is 2. The number of hydrogen-bond donors (Lipinski definition) is 2. The monoisotopic (exact) mass is 553 g/mol. The highest BCUT2D eigenvalue weighted by Crippen LogP contribution is 2.42. The fraction of sp³-hybridized carbons (Fsp3) is 0.308. The van der Waals surface area contributed by atoms with Crippen LogP contribution >= 0.6 is 11.6 Å². The van der Waals surface area contributed by atoms with Crippen molar-refractivity contribution in [2.24, 2.45) is 0 Å². The zero-order valence-electron chi connectivity index (χ0n) is 21.6. The molecule has 0 radical (unpaired) electrons. The Morgan fingerprint density at radius 2 is 1.97 bits per heavy atom. The van der Waals surface area contributed by atoms with Crippen LogP contribution in [0.3, 0.4) is 0 Å². The van der Waals surface area contributed by atoms with E-state index in [0.29, 0.717) is 24.2 Å². The number of phenols is 1. The average Bonchev–Trinajstić information content (AvgIpc) is 3.14. The number of benzene rings is 1. The Labute approximate surface area is 227 Å². The van der Waals surface area contributed by atoms with E-state index in [1.54, 1.807) is 17.7 Å². The predicted molar refractivity (Wildman–Crippen MR) is 144 cm³/mol. The van der Waals surface area contributed by atoms with E-state index in [0.717, 1.165) is 5.69 Å². The van der Waals surface area contributed by atoms with Crippen LogP contribution in [0.2, 0.25) is 5.02 Å². The van der Waals surface area contributed by atoms with Crippen molar-refractivity contribution >= 4 is 45.6 Å². The van der Waals surface area contributed by atoms with Gasteiger partial charge in [0.1, 0.15) is 18.1 Å². The molecule has 2 N–H and O–H groups in total. The third kappa shape index (κ3) is 4.60. The highest BCUT2D eigenvalue weighted by molar-refractivity contribution is 6.32. The molecule has 0 spiro atoms. The minimum absolute atomic E-state index is 0.0272. The van der Waals surface area contributed by atoms with Crippen LogP contribution in [0.1, 0.15) is 30.8 Å². The van der Waals surface area contributed by atoms with Crippen molar-refractivity contribution in [1.82, 2.24) is 24.6 Å². The average molecular weight is 554 g/mol. The highest BCUT2D eigenvalue weighted by Gasteiger charge is 2.26.